The molecule has 0 saturated carbocycles. The van der Waals surface area contributed by atoms with Crippen molar-refractivity contribution in [3.05, 3.63) is 60.8 Å². The van der Waals surface area contributed by atoms with Gasteiger partial charge in [0.2, 0.25) is 0 Å². The van der Waals surface area contributed by atoms with E-state index < -0.39 is 6.10 Å². The molecule has 6 heteroatoms. The molecule has 1 atom stereocenters. The molecule has 0 fully saturated rings. The summed E-state index contributed by atoms with van der Waals surface area (Å²) >= 11 is 0. The normalized spacial score (nSPS) is 12.6. The fourth-order valence-electron chi connectivity index (χ4n) is 4.81. The van der Waals surface area contributed by atoms with Gasteiger partial charge >= 0.3 is 17.9 Å². The molecule has 0 aromatic rings. The van der Waals surface area contributed by atoms with Gasteiger partial charge in [0.1, 0.15) is 13.2 Å². The number of hydrogen-bond donors (Lipinski definition) is 0. The molecule has 0 aromatic heterocycles. The Bertz CT molecular complexity index is 913. The summed E-state index contributed by atoms with van der Waals surface area (Å²) in [6, 6.07) is 0. The molecule has 274 valence electrons. The van der Waals surface area contributed by atoms with Crippen LogP contribution >= 0.6 is 0 Å². The summed E-state index contributed by atoms with van der Waals surface area (Å²) in [5, 5.41) is 0. The molecule has 48 heavy (non-hydrogen) atoms. The summed E-state index contributed by atoms with van der Waals surface area (Å²) in [5.74, 6) is -1.04. The van der Waals surface area contributed by atoms with Crippen LogP contribution in [0.25, 0.3) is 0 Å². The summed E-state index contributed by atoms with van der Waals surface area (Å²) in [6.45, 7) is 6.32. The first kappa shape index (κ1) is 45.1. The van der Waals surface area contributed by atoms with Crippen LogP contribution in [0.15, 0.2) is 60.8 Å². The average Bonchev–Trinajstić information content (AvgIpc) is 3.08. The van der Waals surface area contributed by atoms with Crippen LogP contribution in [0.4, 0.5) is 0 Å². The van der Waals surface area contributed by atoms with Crippen molar-refractivity contribution >= 4 is 17.9 Å². The molecule has 0 aromatic carbocycles. The van der Waals surface area contributed by atoms with Crippen molar-refractivity contribution in [1.29, 1.82) is 0 Å². The Kier molecular flexibility index (Phi) is 34.7. The SMILES string of the molecule is CC/C=C\C/C=C\C/C=C\CCCCC(=O)OCC(COC(=O)CCC/C=C\CCCCCC)OC(=O)CCC/C=C\CCCCCC. The Morgan fingerprint density at radius 2 is 0.833 bits per heavy atom. The molecular weight excluding hydrogens is 600 g/mol. The van der Waals surface area contributed by atoms with Gasteiger partial charge in [-0.2, -0.15) is 0 Å². The van der Waals surface area contributed by atoms with E-state index in [1.165, 1.54) is 51.4 Å². The second kappa shape index (κ2) is 36.9. The molecule has 0 aliphatic carbocycles. The van der Waals surface area contributed by atoms with Crippen LogP contribution in [0.3, 0.4) is 0 Å². The molecule has 0 aliphatic heterocycles. The number of unbranched alkanes of at least 4 members (excludes halogenated alkanes) is 12. The summed E-state index contributed by atoms with van der Waals surface area (Å²) in [6.07, 6.45) is 42.3. The van der Waals surface area contributed by atoms with Gasteiger partial charge in [-0.1, -0.05) is 120 Å². The zero-order valence-corrected chi connectivity index (χ0v) is 31.0. The van der Waals surface area contributed by atoms with Crippen LogP contribution in [-0.4, -0.2) is 37.2 Å². The first-order chi connectivity index (χ1) is 23.5. The Labute approximate surface area is 294 Å². The Balaban J connectivity index is 4.51. The van der Waals surface area contributed by atoms with Crippen LogP contribution in [0.5, 0.6) is 0 Å². The highest BCUT2D eigenvalue weighted by atomic mass is 16.6. The van der Waals surface area contributed by atoms with E-state index in [0.29, 0.717) is 25.7 Å². The Hall–Kier alpha value is -2.89. The maximum atomic E-state index is 12.6. The van der Waals surface area contributed by atoms with Crippen LogP contribution in [0.1, 0.15) is 168 Å². The lowest BCUT2D eigenvalue weighted by molar-refractivity contribution is -0.167. The van der Waals surface area contributed by atoms with Gasteiger partial charge in [-0.3, -0.25) is 14.4 Å². The van der Waals surface area contributed by atoms with Crippen LogP contribution in [0.2, 0.25) is 0 Å². The highest BCUT2D eigenvalue weighted by Gasteiger charge is 2.19. The van der Waals surface area contributed by atoms with Crippen molar-refractivity contribution < 1.29 is 28.6 Å². The Morgan fingerprint density at radius 1 is 0.438 bits per heavy atom. The summed E-state index contributed by atoms with van der Waals surface area (Å²) in [4.78, 5) is 37.3. The highest BCUT2D eigenvalue weighted by Crippen LogP contribution is 2.09. The van der Waals surface area contributed by atoms with E-state index >= 15 is 0 Å². The van der Waals surface area contributed by atoms with E-state index in [0.717, 1.165) is 64.2 Å². The number of ether oxygens (including phenoxy) is 3. The number of carbonyl (C=O) groups is 3. The van der Waals surface area contributed by atoms with E-state index in [1.54, 1.807) is 0 Å². The predicted molar refractivity (Wildman–Crippen MR) is 201 cm³/mol. The smallest absolute Gasteiger partial charge is 0.306 e. The van der Waals surface area contributed by atoms with Gasteiger partial charge in [-0.05, 0) is 89.9 Å². The van der Waals surface area contributed by atoms with Crippen LogP contribution in [0, 0.1) is 0 Å². The van der Waals surface area contributed by atoms with E-state index in [4.69, 9.17) is 14.2 Å². The van der Waals surface area contributed by atoms with E-state index in [9.17, 15) is 14.4 Å². The lowest BCUT2D eigenvalue weighted by Crippen LogP contribution is -2.30. The van der Waals surface area contributed by atoms with Crippen molar-refractivity contribution in [2.75, 3.05) is 13.2 Å². The zero-order chi connectivity index (χ0) is 35.2. The van der Waals surface area contributed by atoms with Gasteiger partial charge in [0, 0.05) is 19.3 Å². The van der Waals surface area contributed by atoms with E-state index in [-0.39, 0.29) is 37.5 Å². The maximum Gasteiger partial charge on any atom is 0.306 e. The average molecular weight is 671 g/mol. The number of carbonyl (C=O) groups excluding carboxylic acids is 3. The molecule has 0 N–H and O–H groups in total. The molecule has 0 amide bonds. The van der Waals surface area contributed by atoms with Crippen LogP contribution < -0.4 is 0 Å². The second-order valence-corrected chi connectivity index (χ2v) is 12.4. The van der Waals surface area contributed by atoms with Gasteiger partial charge in [0.15, 0.2) is 6.10 Å². The molecule has 0 spiro atoms. The largest absolute Gasteiger partial charge is 0.462 e. The van der Waals surface area contributed by atoms with Crippen molar-refractivity contribution in [3.8, 4) is 0 Å². The minimum Gasteiger partial charge on any atom is -0.462 e. The van der Waals surface area contributed by atoms with Crippen molar-refractivity contribution in [3.63, 3.8) is 0 Å². The fourth-order valence-corrected chi connectivity index (χ4v) is 4.81. The maximum absolute atomic E-state index is 12.6. The zero-order valence-electron chi connectivity index (χ0n) is 31.0. The molecule has 0 bridgehead atoms. The fraction of sp³-hybridized carbons (Fsp3) is 0.690. The van der Waals surface area contributed by atoms with Crippen LogP contribution in [-0.2, 0) is 28.6 Å². The first-order valence-corrected chi connectivity index (χ1v) is 19.3. The highest BCUT2D eigenvalue weighted by molar-refractivity contribution is 5.71. The standard InChI is InChI=1S/C42H70O6/c1-4-7-10-13-16-19-20-21-24-26-29-32-35-41(44)47-38-39(48-42(45)36-33-30-27-23-18-15-12-9-6-3)37-46-40(43)34-31-28-25-22-17-14-11-8-5-2/h7,10,16,19,21-25,27,39H,4-6,8-9,11-15,17-18,20,26,28-38H2,1-3H3/b10-7-,19-16-,24-21-,25-22-,27-23-. The third kappa shape index (κ3) is 34.4. The van der Waals surface area contributed by atoms with E-state index in [2.05, 4.69) is 81.5 Å². The summed E-state index contributed by atoms with van der Waals surface area (Å²) in [5.41, 5.74) is 0. The van der Waals surface area contributed by atoms with E-state index in [1.807, 2.05) is 0 Å². The lowest BCUT2D eigenvalue weighted by atomic mass is 10.1. The Morgan fingerprint density at radius 3 is 1.33 bits per heavy atom. The lowest BCUT2D eigenvalue weighted by Gasteiger charge is -2.18. The number of esters is 3. The van der Waals surface area contributed by atoms with Gasteiger partial charge < -0.3 is 14.2 Å². The number of hydrogen-bond acceptors (Lipinski definition) is 6. The minimum atomic E-state index is -0.809. The topological polar surface area (TPSA) is 78.9 Å². The van der Waals surface area contributed by atoms with Gasteiger partial charge in [-0.25, -0.2) is 0 Å². The predicted octanol–water partition coefficient (Wildman–Crippen LogP) is 11.8. The van der Waals surface area contributed by atoms with Crippen molar-refractivity contribution in [1.82, 2.24) is 0 Å². The summed E-state index contributed by atoms with van der Waals surface area (Å²) in [7, 11) is 0. The molecule has 0 aliphatic rings. The summed E-state index contributed by atoms with van der Waals surface area (Å²) < 4.78 is 16.5. The number of rotatable bonds is 33. The monoisotopic (exact) mass is 671 g/mol. The molecule has 0 radical (unpaired) electrons. The quantitative estimate of drug-likeness (QED) is 0.0299. The molecule has 6 nitrogen and oxygen atoms in total. The second-order valence-electron chi connectivity index (χ2n) is 12.4. The molecule has 0 rings (SSSR count). The minimum absolute atomic E-state index is 0.114. The molecule has 1 unspecified atom stereocenters. The van der Waals surface area contributed by atoms with Gasteiger partial charge in [0.05, 0.1) is 0 Å². The van der Waals surface area contributed by atoms with Gasteiger partial charge in [-0.15, -0.1) is 0 Å². The third-order valence-corrected chi connectivity index (χ3v) is 7.73. The van der Waals surface area contributed by atoms with Gasteiger partial charge in [0.25, 0.3) is 0 Å². The third-order valence-electron chi connectivity index (χ3n) is 7.73. The van der Waals surface area contributed by atoms with Crippen molar-refractivity contribution in [2.24, 2.45) is 0 Å². The molecule has 0 heterocycles. The number of allylic oxidation sites excluding steroid dienone is 10. The molecule has 0 saturated heterocycles. The molecular formula is C42H70O6. The van der Waals surface area contributed by atoms with Crippen molar-refractivity contribution in [2.45, 2.75) is 175 Å². The first-order valence-electron chi connectivity index (χ1n) is 19.3.